The maximum atomic E-state index is 9.44. The Kier molecular flexibility index (Phi) is 1.67. The van der Waals surface area contributed by atoms with Gasteiger partial charge in [0, 0.05) is 0 Å². The van der Waals surface area contributed by atoms with Gasteiger partial charge in [0.15, 0.2) is 12.3 Å². The van der Waals surface area contributed by atoms with E-state index in [1.807, 2.05) is 0 Å². The van der Waals surface area contributed by atoms with Gasteiger partial charge in [0.1, 0.15) is 12.2 Å². The fourth-order valence-electron chi connectivity index (χ4n) is 1.40. The van der Waals surface area contributed by atoms with E-state index in [2.05, 4.69) is 4.99 Å². The first-order chi connectivity index (χ1) is 5.72. The van der Waals surface area contributed by atoms with E-state index in [0.717, 1.165) is 0 Å². The summed E-state index contributed by atoms with van der Waals surface area (Å²) < 4.78 is 10.1. The molecular weight excluding hydrogens is 164 g/mol. The van der Waals surface area contributed by atoms with Crippen LogP contribution >= 0.6 is 0 Å². The van der Waals surface area contributed by atoms with Crippen molar-refractivity contribution in [2.24, 2.45) is 10.7 Å². The van der Waals surface area contributed by atoms with Crippen molar-refractivity contribution in [2.45, 2.75) is 24.5 Å². The van der Waals surface area contributed by atoms with E-state index in [0.29, 0.717) is 0 Å². The van der Waals surface area contributed by atoms with Crippen LogP contribution in [0, 0.1) is 0 Å². The molecule has 2 aliphatic heterocycles. The predicted molar refractivity (Wildman–Crippen MR) is 38.2 cm³/mol. The van der Waals surface area contributed by atoms with E-state index in [9.17, 15) is 5.11 Å². The minimum absolute atomic E-state index is 0.0282. The van der Waals surface area contributed by atoms with E-state index >= 15 is 0 Å². The van der Waals surface area contributed by atoms with Crippen molar-refractivity contribution in [1.82, 2.24) is 0 Å². The highest BCUT2D eigenvalue weighted by molar-refractivity contribution is 5.73. The minimum atomic E-state index is -0.857. The second-order valence-electron chi connectivity index (χ2n) is 2.79. The number of aliphatic hydroxyl groups is 2. The van der Waals surface area contributed by atoms with Crippen molar-refractivity contribution in [2.75, 3.05) is 6.61 Å². The normalized spacial score (nSPS) is 45.3. The van der Waals surface area contributed by atoms with Crippen LogP contribution in [-0.2, 0) is 9.47 Å². The second-order valence-corrected chi connectivity index (χ2v) is 2.79. The van der Waals surface area contributed by atoms with Crippen molar-refractivity contribution in [3.05, 3.63) is 0 Å². The molecule has 0 spiro atoms. The first-order valence-electron chi connectivity index (χ1n) is 3.66. The van der Waals surface area contributed by atoms with Gasteiger partial charge in [-0.1, -0.05) is 0 Å². The van der Waals surface area contributed by atoms with E-state index < -0.39 is 24.5 Å². The van der Waals surface area contributed by atoms with Gasteiger partial charge < -0.3 is 25.4 Å². The van der Waals surface area contributed by atoms with Crippen LogP contribution in [0.2, 0.25) is 0 Å². The third kappa shape index (κ3) is 0.961. The number of rotatable bonds is 1. The second kappa shape index (κ2) is 2.58. The van der Waals surface area contributed by atoms with Gasteiger partial charge in [0.2, 0.25) is 0 Å². The summed E-state index contributed by atoms with van der Waals surface area (Å²) in [5.41, 5.74) is 5.25. The Labute approximate surface area is 68.6 Å². The molecule has 1 saturated heterocycles. The number of amidine groups is 1. The number of hydrogen-bond acceptors (Lipinski definition) is 6. The van der Waals surface area contributed by atoms with Crippen LogP contribution in [0.15, 0.2) is 4.99 Å². The summed E-state index contributed by atoms with van der Waals surface area (Å²) in [6, 6.07) is 0.0282. The van der Waals surface area contributed by atoms with Gasteiger partial charge in [0.05, 0.1) is 6.61 Å². The number of nitrogens with two attached hydrogens (primary N) is 1. The van der Waals surface area contributed by atoms with Crippen molar-refractivity contribution in [3.63, 3.8) is 0 Å². The summed E-state index contributed by atoms with van der Waals surface area (Å²) in [7, 11) is 0. The maximum Gasteiger partial charge on any atom is 0.285 e. The average molecular weight is 174 g/mol. The zero-order valence-electron chi connectivity index (χ0n) is 6.25. The number of nitrogens with zero attached hydrogens (tertiary/aromatic N) is 1. The summed E-state index contributed by atoms with van der Waals surface area (Å²) in [5.74, 6) is 0. The summed E-state index contributed by atoms with van der Waals surface area (Å²) in [4.78, 5) is 3.78. The van der Waals surface area contributed by atoms with Crippen LogP contribution in [0.25, 0.3) is 0 Å². The Hall–Kier alpha value is -0.850. The highest BCUT2D eigenvalue weighted by atomic mass is 16.6. The molecule has 4 atom stereocenters. The minimum Gasteiger partial charge on any atom is -0.454 e. The van der Waals surface area contributed by atoms with Crippen molar-refractivity contribution in [3.8, 4) is 0 Å². The predicted octanol–water partition coefficient (Wildman–Crippen LogP) is -2.22. The molecule has 0 saturated carbocycles. The molecule has 68 valence electrons. The molecule has 12 heavy (non-hydrogen) atoms. The summed E-state index contributed by atoms with van der Waals surface area (Å²) in [6.45, 7) is -0.243. The van der Waals surface area contributed by atoms with Gasteiger partial charge in [-0.15, -0.1) is 0 Å². The van der Waals surface area contributed by atoms with Gasteiger partial charge in [-0.05, 0) is 0 Å². The molecule has 6 nitrogen and oxygen atoms in total. The molecule has 1 fully saturated rings. The quantitative estimate of drug-likeness (QED) is 0.418. The van der Waals surface area contributed by atoms with Crippen LogP contribution in [0.3, 0.4) is 0 Å². The third-order valence-corrected chi connectivity index (χ3v) is 2.00. The Morgan fingerprint density at radius 2 is 2.33 bits per heavy atom. The van der Waals surface area contributed by atoms with E-state index in [4.69, 9.17) is 20.3 Å². The molecule has 0 radical (unpaired) electrons. The van der Waals surface area contributed by atoms with Gasteiger partial charge >= 0.3 is 0 Å². The van der Waals surface area contributed by atoms with Crippen LogP contribution in [0.5, 0.6) is 0 Å². The Morgan fingerprint density at radius 3 is 2.92 bits per heavy atom. The lowest BCUT2D eigenvalue weighted by Crippen LogP contribution is -2.35. The molecule has 0 aromatic heterocycles. The number of fused-ring (bicyclic) bond motifs is 1. The molecule has 0 amide bonds. The highest BCUT2D eigenvalue weighted by Crippen LogP contribution is 2.28. The van der Waals surface area contributed by atoms with Crippen molar-refractivity contribution < 1.29 is 19.7 Å². The van der Waals surface area contributed by atoms with E-state index in [1.165, 1.54) is 0 Å². The van der Waals surface area contributed by atoms with E-state index in [-0.39, 0.29) is 12.6 Å². The fourth-order valence-corrected chi connectivity index (χ4v) is 1.40. The standard InChI is InChI=1S/C6H10N2O4/c7-6-8-5-4(12-6)3(10)2(1-9)11-5/h2-5,9-10H,1H2,(H2,7,8)/t2-,3-,4?,5?/m0/s1. The SMILES string of the molecule is NC1=NC2O[C@@H](CO)[C@H](O)C2O1. The smallest absolute Gasteiger partial charge is 0.285 e. The molecule has 2 unspecified atom stereocenters. The third-order valence-electron chi connectivity index (χ3n) is 2.00. The van der Waals surface area contributed by atoms with E-state index in [1.54, 1.807) is 0 Å². The Balaban J connectivity index is 2.10. The molecule has 0 aromatic carbocycles. The monoisotopic (exact) mass is 174 g/mol. The molecule has 2 rings (SSSR count). The lowest BCUT2D eigenvalue weighted by atomic mass is 10.1. The molecule has 0 aliphatic carbocycles. The number of aliphatic imine (C=N–C) groups is 1. The zero-order valence-corrected chi connectivity index (χ0v) is 6.25. The highest BCUT2D eigenvalue weighted by Gasteiger charge is 2.48. The van der Waals surface area contributed by atoms with Crippen LogP contribution < -0.4 is 5.73 Å². The Bertz CT molecular complexity index is 220. The molecule has 4 N–H and O–H groups in total. The largest absolute Gasteiger partial charge is 0.454 e. The molecular formula is C6H10N2O4. The van der Waals surface area contributed by atoms with Crippen molar-refractivity contribution >= 4 is 6.02 Å². The average Bonchev–Trinajstić information content (AvgIpc) is 2.51. The van der Waals surface area contributed by atoms with Gasteiger partial charge in [-0.3, -0.25) is 0 Å². The molecule has 0 aromatic rings. The summed E-state index contributed by atoms with van der Waals surface area (Å²) in [6.07, 6.45) is -2.58. The maximum absolute atomic E-state index is 9.44. The molecule has 0 bridgehead atoms. The lowest BCUT2D eigenvalue weighted by Gasteiger charge is -2.13. The number of hydrogen-bond donors (Lipinski definition) is 3. The topological polar surface area (TPSA) is 97.3 Å². The van der Waals surface area contributed by atoms with Gasteiger partial charge in [0.25, 0.3) is 6.02 Å². The number of aliphatic hydroxyl groups excluding tert-OH is 2. The first-order valence-corrected chi connectivity index (χ1v) is 3.66. The van der Waals surface area contributed by atoms with Crippen LogP contribution in [0.4, 0.5) is 0 Å². The summed E-state index contributed by atoms with van der Waals surface area (Å²) >= 11 is 0. The summed E-state index contributed by atoms with van der Waals surface area (Å²) in [5, 5.41) is 18.2. The van der Waals surface area contributed by atoms with Crippen LogP contribution in [-0.4, -0.2) is 47.4 Å². The number of ether oxygens (including phenoxy) is 2. The molecule has 2 heterocycles. The zero-order chi connectivity index (χ0) is 8.72. The first kappa shape index (κ1) is 7.78. The van der Waals surface area contributed by atoms with Gasteiger partial charge in [-0.2, -0.15) is 4.99 Å². The fraction of sp³-hybridized carbons (Fsp3) is 0.833. The Morgan fingerprint density at radius 1 is 1.58 bits per heavy atom. The molecule has 2 aliphatic rings. The van der Waals surface area contributed by atoms with Crippen molar-refractivity contribution in [1.29, 1.82) is 0 Å². The van der Waals surface area contributed by atoms with Crippen LogP contribution in [0.1, 0.15) is 0 Å². The molecule has 6 heteroatoms. The van der Waals surface area contributed by atoms with Gasteiger partial charge in [-0.25, -0.2) is 0 Å². The lowest BCUT2D eigenvalue weighted by molar-refractivity contribution is -0.0206.